The molecule has 3 aromatic rings. The van der Waals surface area contributed by atoms with Crippen LogP contribution in [0.3, 0.4) is 0 Å². The van der Waals surface area contributed by atoms with Crippen molar-refractivity contribution in [3.8, 4) is 23.7 Å². The highest BCUT2D eigenvalue weighted by Gasteiger charge is 2.14. The molecule has 3 aromatic heterocycles. The molecule has 0 aromatic carbocycles. The van der Waals surface area contributed by atoms with E-state index in [-0.39, 0.29) is 2.85 Å². The summed E-state index contributed by atoms with van der Waals surface area (Å²) in [6.07, 6.45) is 8.26. The highest BCUT2D eigenvalue weighted by atomic mass is 15.2. The van der Waals surface area contributed by atoms with Crippen LogP contribution in [-0.4, -0.2) is 46.3 Å². The lowest BCUT2D eigenvalue weighted by Gasteiger charge is -2.21. The van der Waals surface area contributed by atoms with Gasteiger partial charge in [0.2, 0.25) is 0 Å². The van der Waals surface area contributed by atoms with Gasteiger partial charge in [-0.05, 0) is 31.2 Å². The molecule has 1 aliphatic rings. The van der Waals surface area contributed by atoms with E-state index in [1.54, 1.807) is 6.20 Å². The Balaban J connectivity index is 0.00000121. The highest BCUT2D eigenvalue weighted by Crippen LogP contribution is 2.26. The van der Waals surface area contributed by atoms with Crippen molar-refractivity contribution in [1.82, 2.24) is 25.5 Å². The zero-order valence-electron chi connectivity index (χ0n) is 13.3. The van der Waals surface area contributed by atoms with Crippen molar-refractivity contribution in [2.45, 2.75) is 6.42 Å². The SMILES string of the molecule is C#Cc1cnc2n[nH]c(-c3cccc(N4CCCNCC4)n3)c2c1.[HH].[HH]. The molecule has 6 nitrogen and oxygen atoms in total. The van der Waals surface area contributed by atoms with E-state index in [0.717, 1.165) is 60.8 Å². The number of anilines is 1. The fourth-order valence-corrected chi connectivity index (χ4v) is 2.99. The van der Waals surface area contributed by atoms with E-state index in [4.69, 9.17) is 11.4 Å². The summed E-state index contributed by atoms with van der Waals surface area (Å²) >= 11 is 0. The van der Waals surface area contributed by atoms with Crippen LogP contribution in [0.5, 0.6) is 0 Å². The predicted molar refractivity (Wildman–Crippen MR) is 99.0 cm³/mol. The lowest BCUT2D eigenvalue weighted by Crippen LogP contribution is -2.28. The number of terminal acetylenes is 1. The number of aromatic nitrogens is 4. The molecule has 0 unspecified atom stereocenters. The van der Waals surface area contributed by atoms with Crippen molar-refractivity contribution in [1.29, 1.82) is 0 Å². The topological polar surface area (TPSA) is 69.7 Å². The number of nitrogens with zero attached hydrogens (tertiary/aromatic N) is 4. The van der Waals surface area contributed by atoms with Gasteiger partial charge in [0.1, 0.15) is 5.82 Å². The number of pyridine rings is 2. The van der Waals surface area contributed by atoms with Gasteiger partial charge in [-0.25, -0.2) is 9.97 Å². The summed E-state index contributed by atoms with van der Waals surface area (Å²) in [4.78, 5) is 11.4. The Bertz CT molecular complexity index is 909. The van der Waals surface area contributed by atoms with E-state index in [0.29, 0.717) is 5.65 Å². The van der Waals surface area contributed by atoms with Crippen molar-refractivity contribution in [2.75, 3.05) is 31.1 Å². The molecular formula is C18H22N6. The fraction of sp³-hybridized carbons (Fsp3) is 0.278. The van der Waals surface area contributed by atoms with Gasteiger partial charge in [0.05, 0.1) is 11.4 Å². The summed E-state index contributed by atoms with van der Waals surface area (Å²) in [7, 11) is 0. The van der Waals surface area contributed by atoms with Crippen molar-refractivity contribution >= 4 is 16.9 Å². The molecule has 1 saturated heterocycles. The summed E-state index contributed by atoms with van der Waals surface area (Å²) in [5, 5.41) is 11.6. The normalized spacial score (nSPS) is 15.2. The van der Waals surface area contributed by atoms with Gasteiger partial charge in [-0.15, -0.1) is 6.42 Å². The van der Waals surface area contributed by atoms with E-state index in [1.165, 1.54) is 0 Å². The molecule has 0 saturated carbocycles. The third-order valence-corrected chi connectivity index (χ3v) is 4.23. The highest BCUT2D eigenvalue weighted by molar-refractivity contribution is 5.90. The molecule has 1 aliphatic heterocycles. The van der Waals surface area contributed by atoms with Gasteiger partial charge < -0.3 is 10.2 Å². The van der Waals surface area contributed by atoms with Crippen LogP contribution >= 0.6 is 0 Å². The first-order chi connectivity index (χ1) is 11.8. The van der Waals surface area contributed by atoms with Gasteiger partial charge in [-0.2, -0.15) is 5.10 Å². The number of aromatic amines is 1. The monoisotopic (exact) mass is 322 g/mol. The molecule has 1 fully saturated rings. The number of hydrogen-bond donors (Lipinski definition) is 2. The summed E-state index contributed by atoms with van der Waals surface area (Å²) in [6, 6.07) is 7.99. The summed E-state index contributed by atoms with van der Waals surface area (Å²) in [6.45, 7) is 4.01. The standard InChI is InChI=1S/C18H18N6.2H2/c1-2-13-11-14-17(22-23-18(14)20-12-13)15-5-3-6-16(21-15)24-9-4-7-19-8-10-24;;/h1,3,5-6,11-12,19H,4,7-10H2,(H,20,22,23);2*1H. The van der Waals surface area contributed by atoms with Crippen LogP contribution in [-0.2, 0) is 0 Å². The Kier molecular flexibility index (Phi) is 3.85. The van der Waals surface area contributed by atoms with E-state index < -0.39 is 0 Å². The fourth-order valence-electron chi connectivity index (χ4n) is 2.99. The van der Waals surface area contributed by atoms with E-state index in [2.05, 4.69) is 37.4 Å². The van der Waals surface area contributed by atoms with E-state index >= 15 is 0 Å². The van der Waals surface area contributed by atoms with Gasteiger partial charge in [-0.1, -0.05) is 12.0 Å². The second kappa shape index (κ2) is 6.30. The van der Waals surface area contributed by atoms with Crippen LogP contribution in [0.25, 0.3) is 22.4 Å². The minimum atomic E-state index is 0. The minimum Gasteiger partial charge on any atom is -0.355 e. The molecule has 4 rings (SSSR count). The Morgan fingerprint density at radius 2 is 2.21 bits per heavy atom. The molecule has 0 spiro atoms. The summed E-state index contributed by atoms with van der Waals surface area (Å²) < 4.78 is 0. The lowest BCUT2D eigenvalue weighted by atomic mass is 10.1. The number of nitrogens with one attached hydrogen (secondary N) is 2. The van der Waals surface area contributed by atoms with Crippen LogP contribution < -0.4 is 10.2 Å². The van der Waals surface area contributed by atoms with Crippen LogP contribution in [0.15, 0.2) is 30.5 Å². The van der Waals surface area contributed by atoms with E-state index in [1.807, 2.05) is 18.2 Å². The van der Waals surface area contributed by atoms with Crippen LogP contribution in [0.1, 0.15) is 14.8 Å². The van der Waals surface area contributed by atoms with Crippen molar-refractivity contribution in [3.05, 3.63) is 36.0 Å². The maximum Gasteiger partial charge on any atom is 0.181 e. The first-order valence-corrected chi connectivity index (χ1v) is 8.09. The predicted octanol–water partition coefficient (Wildman–Crippen LogP) is 2.29. The average Bonchev–Trinajstić information content (AvgIpc) is 2.86. The summed E-state index contributed by atoms with van der Waals surface area (Å²) in [5.41, 5.74) is 3.09. The third kappa shape index (κ3) is 2.70. The summed E-state index contributed by atoms with van der Waals surface area (Å²) in [5.74, 6) is 3.60. The van der Waals surface area contributed by atoms with Gasteiger partial charge in [-0.3, -0.25) is 5.10 Å². The van der Waals surface area contributed by atoms with Gasteiger partial charge in [0.15, 0.2) is 5.65 Å². The number of rotatable bonds is 2. The zero-order chi connectivity index (χ0) is 16.4. The minimum absolute atomic E-state index is 0. The maximum atomic E-state index is 5.49. The lowest BCUT2D eigenvalue weighted by molar-refractivity contribution is 0.724. The largest absolute Gasteiger partial charge is 0.355 e. The Hall–Kier alpha value is -2.91. The van der Waals surface area contributed by atoms with E-state index in [9.17, 15) is 0 Å². The Morgan fingerprint density at radius 1 is 1.25 bits per heavy atom. The molecule has 0 radical (unpaired) electrons. The van der Waals surface area contributed by atoms with Gasteiger partial charge in [0.25, 0.3) is 0 Å². The molecule has 124 valence electrons. The smallest absolute Gasteiger partial charge is 0.181 e. The van der Waals surface area contributed by atoms with Gasteiger partial charge in [0, 0.05) is 39.6 Å². The van der Waals surface area contributed by atoms with Crippen molar-refractivity contribution in [2.24, 2.45) is 0 Å². The number of hydrogen-bond acceptors (Lipinski definition) is 5. The molecule has 0 amide bonds. The van der Waals surface area contributed by atoms with Crippen molar-refractivity contribution in [3.63, 3.8) is 0 Å². The van der Waals surface area contributed by atoms with Crippen molar-refractivity contribution < 1.29 is 2.85 Å². The molecule has 0 atom stereocenters. The van der Waals surface area contributed by atoms with Gasteiger partial charge >= 0.3 is 0 Å². The van der Waals surface area contributed by atoms with Crippen LogP contribution in [0.2, 0.25) is 0 Å². The number of H-pyrrole nitrogens is 1. The molecule has 24 heavy (non-hydrogen) atoms. The Labute approximate surface area is 143 Å². The molecule has 6 heteroatoms. The average molecular weight is 322 g/mol. The number of fused-ring (bicyclic) bond motifs is 1. The van der Waals surface area contributed by atoms with Crippen LogP contribution in [0, 0.1) is 12.3 Å². The molecular weight excluding hydrogens is 300 g/mol. The third-order valence-electron chi connectivity index (χ3n) is 4.23. The molecule has 0 bridgehead atoms. The second-order valence-electron chi connectivity index (χ2n) is 5.81. The zero-order valence-corrected chi connectivity index (χ0v) is 13.3. The second-order valence-corrected chi connectivity index (χ2v) is 5.81. The first kappa shape index (κ1) is 14.7. The molecule has 2 N–H and O–H groups in total. The first-order valence-electron chi connectivity index (χ1n) is 8.09. The quantitative estimate of drug-likeness (QED) is 0.709. The maximum absolute atomic E-state index is 5.49. The van der Waals surface area contributed by atoms with Crippen LogP contribution in [0.4, 0.5) is 5.82 Å². The molecule has 0 aliphatic carbocycles. The molecule has 4 heterocycles. The Morgan fingerprint density at radius 3 is 3.12 bits per heavy atom.